The number of rotatable bonds is 7. The Bertz CT molecular complexity index is 1240. The average molecular weight is 440 g/mol. The van der Waals surface area contributed by atoms with Gasteiger partial charge in [-0.25, -0.2) is 0 Å². The maximum Gasteiger partial charge on any atom is 0.291 e. The molecule has 0 aliphatic carbocycles. The second kappa shape index (κ2) is 9.37. The number of benzene rings is 3. The molecule has 0 radical (unpaired) electrons. The first-order valence-electron chi connectivity index (χ1n) is 11.1. The molecule has 4 nitrogen and oxygen atoms in total. The highest BCUT2D eigenvalue weighted by Crippen LogP contribution is 2.32. The summed E-state index contributed by atoms with van der Waals surface area (Å²) >= 11 is 0. The van der Waals surface area contributed by atoms with Crippen LogP contribution in [0.4, 0.5) is 5.69 Å². The highest BCUT2D eigenvalue weighted by Gasteiger charge is 2.22. The first-order chi connectivity index (χ1) is 15.8. The lowest BCUT2D eigenvalue weighted by Gasteiger charge is -2.26. The molecule has 1 amide bonds. The summed E-state index contributed by atoms with van der Waals surface area (Å²) in [5.74, 6) is 1.33. The van der Waals surface area contributed by atoms with Gasteiger partial charge in [-0.15, -0.1) is 0 Å². The minimum atomic E-state index is -0.276. The lowest BCUT2D eigenvalue weighted by atomic mass is 9.78. The second-order valence-corrected chi connectivity index (χ2v) is 8.77. The third-order valence-electron chi connectivity index (χ3n) is 6.19. The van der Waals surface area contributed by atoms with Crippen molar-refractivity contribution >= 4 is 11.6 Å². The Morgan fingerprint density at radius 3 is 2.27 bits per heavy atom. The molecule has 0 aliphatic rings. The van der Waals surface area contributed by atoms with Crippen LogP contribution >= 0.6 is 0 Å². The van der Waals surface area contributed by atoms with E-state index < -0.39 is 0 Å². The Balaban J connectivity index is 1.37. The van der Waals surface area contributed by atoms with E-state index in [0.717, 1.165) is 22.6 Å². The van der Waals surface area contributed by atoms with Gasteiger partial charge in [0.1, 0.15) is 18.1 Å². The van der Waals surface area contributed by atoms with Crippen molar-refractivity contribution in [3.63, 3.8) is 0 Å². The summed E-state index contributed by atoms with van der Waals surface area (Å²) in [5.41, 5.74) is 5.33. The monoisotopic (exact) mass is 439 g/mol. The minimum absolute atomic E-state index is 0.0985. The molecule has 0 bridgehead atoms. The van der Waals surface area contributed by atoms with Gasteiger partial charge < -0.3 is 14.5 Å². The molecule has 33 heavy (non-hydrogen) atoms. The molecule has 1 heterocycles. The molecule has 0 saturated carbocycles. The predicted molar refractivity (Wildman–Crippen MR) is 132 cm³/mol. The summed E-state index contributed by atoms with van der Waals surface area (Å²) in [5, 5.41) is 2.91. The van der Waals surface area contributed by atoms with Gasteiger partial charge in [0.2, 0.25) is 0 Å². The van der Waals surface area contributed by atoms with Gasteiger partial charge in [-0.05, 0) is 66.4 Å². The van der Waals surface area contributed by atoms with Gasteiger partial charge in [-0.2, -0.15) is 0 Å². The number of hydrogen-bond acceptors (Lipinski definition) is 3. The smallest absolute Gasteiger partial charge is 0.291 e. The normalized spacial score (nSPS) is 11.3. The summed E-state index contributed by atoms with van der Waals surface area (Å²) in [6.45, 7) is 8.68. The molecular formula is C29H29NO3. The van der Waals surface area contributed by atoms with Crippen molar-refractivity contribution < 1.29 is 13.9 Å². The fraction of sp³-hybridized carbons (Fsp3) is 0.207. The van der Waals surface area contributed by atoms with Gasteiger partial charge in [-0.3, -0.25) is 4.79 Å². The Labute approximate surface area is 195 Å². The Kier molecular flexibility index (Phi) is 6.36. The van der Waals surface area contributed by atoms with Gasteiger partial charge in [-0.1, -0.05) is 68.4 Å². The molecule has 168 valence electrons. The van der Waals surface area contributed by atoms with Crippen LogP contribution < -0.4 is 10.1 Å². The van der Waals surface area contributed by atoms with E-state index in [4.69, 9.17) is 9.15 Å². The van der Waals surface area contributed by atoms with Crippen LogP contribution in [0, 0.1) is 13.8 Å². The van der Waals surface area contributed by atoms with E-state index in [1.165, 1.54) is 11.1 Å². The molecule has 0 fully saturated rings. The second-order valence-electron chi connectivity index (χ2n) is 8.77. The molecule has 3 aromatic carbocycles. The van der Waals surface area contributed by atoms with Crippen LogP contribution in [0.5, 0.6) is 5.75 Å². The summed E-state index contributed by atoms with van der Waals surface area (Å²) in [4.78, 5) is 12.6. The van der Waals surface area contributed by atoms with Crippen LogP contribution in [0.15, 0.2) is 89.3 Å². The summed E-state index contributed by atoms with van der Waals surface area (Å²) < 4.78 is 11.6. The van der Waals surface area contributed by atoms with E-state index in [9.17, 15) is 4.79 Å². The molecular weight excluding hydrogens is 410 g/mol. The molecule has 1 aromatic heterocycles. The van der Waals surface area contributed by atoms with Crippen LogP contribution in [0.25, 0.3) is 0 Å². The van der Waals surface area contributed by atoms with Crippen molar-refractivity contribution in [3.05, 3.63) is 119 Å². The van der Waals surface area contributed by atoms with Gasteiger partial charge >= 0.3 is 0 Å². The number of amides is 1. The third kappa shape index (κ3) is 5.01. The van der Waals surface area contributed by atoms with Gasteiger partial charge in [0.15, 0.2) is 5.76 Å². The highest BCUT2D eigenvalue weighted by molar-refractivity contribution is 6.02. The topological polar surface area (TPSA) is 51.5 Å². The maximum absolute atomic E-state index is 12.6. The van der Waals surface area contributed by atoms with Crippen molar-refractivity contribution in [3.8, 4) is 5.75 Å². The fourth-order valence-corrected chi connectivity index (χ4v) is 3.79. The van der Waals surface area contributed by atoms with Crippen LogP contribution in [-0.2, 0) is 12.0 Å². The summed E-state index contributed by atoms with van der Waals surface area (Å²) in [6, 6.07) is 27.8. The zero-order chi connectivity index (χ0) is 23.4. The number of ether oxygens (including phenoxy) is 1. The van der Waals surface area contributed by atoms with Crippen LogP contribution in [0.2, 0.25) is 0 Å². The lowest BCUT2D eigenvalue weighted by Crippen LogP contribution is -2.18. The van der Waals surface area contributed by atoms with Crippen molar-refractivity contribution in [2.24, 2.45) is 0 Å². The Hall–Kier alpha value is -3.79. The van der Waals surface area contributed by atoms with Crippen molar-refractivity contribution in [2.45, 2.75) is 39.7 Å². The SMILES string of the molecule is Cc1cccc(NC(=O)c2ccc(COc3ccc(C(C)(C)c4ccccc4)cc3)o2)c1C. The molecule has 4 aromatic rings. The zero-order valence-electron chi connectivity index (χ0n) is 19.5. The number of carbonyl (C=O) groups excluding carboxylic acids is 1. The minimum Gasteiger partial charge on any atom is -0.486 e. The zero-order valence-corrected chi connectivity index (χ0v) is 19.5. The number of furan rings is 1. The fourth-order valence-electron chi connectivity index (χ4n) is 3.79. The quantitative estimate of drug-likeness (QED) is 0.335. The third-order valence-corrected chi connectivity index (χ3v) is 6.19. The molecule has 0 atom stereocenters. The van der Waals surface area contributed by atoms with Gasteiger partial charge in [0.05, 0.1) is 0 Å². The first-order valence-corrected chi connectivity index (χ1v) is 11.1. The first kappa shape index (κ1) is 22.4. The van der Waals surface area contributed by atoms with E-state index in [-0.39, 0.29) is 23.7 Å². The molecule has 0 unspecified atom stereocenters. The van der Waals surface area contributed by atoms with E-state index in [2.05, 4.69) is 55.6 Å². The summed E-state index contributed by atoms with van der Waals surface area (Å²) in [7, 11) is 0. The molecule has 4 rings (SSSR count). The number of aryl methyl sites for hydroxylation is 1. The molecule has 4 heteroatoms. The van der Waals surface area contributed by atoms with Crippen molar-refractivity contribution in [1.29, 1.82) is 0 Å². The standard InChI is InChI=1S/C29H29NO3/c1-20-9-8-12-26(21(20)2)30-28(31)27-18-17-25(33-27)19-32-24-15-13-23(14-16-24)29(3,4)22-10-6-5-7-11-22/h5-18H,19H2,1-4H3,(H,30,31). The van der Waals surface area contributed by atoms with Crippen LogP contribution in [0.1, 0.15) is 52.4 Å². The molecule has 0 saturated heterocycles. The molecule has 0 spiro atoms. The molecule has 1 N–H and O–H groups in total. The number of anilines is 1. The van der Waals surface area contributed by atoms with Crippen LogP contribution in [0.3, 0.4) is 0 Å². The lowest BCUT2D eigenvalue weighted by molar-refractivity contribution is 0.0992. The maximum atomic E-state index is 12.6. The number of nitrogens with one attached hydrogen (secondary N) is 1. The molecule has 0 aliphatic heterocycles. The van der Waals surface area contributed by atoms with E-state index in [1.807, 2.05) is 50.2 Å². The number of carbonyl (C=O) groups is 1. The number of hydrogen-bond donors (Lipinski definition) is 1. The summed E-state index contributed by atoms with van der Waals surface area (Å²) in [6.07, 6.45) is 0. The Morgan fingerprint density at radius 1 is 0.848 bits per heavy atom. The highest BCUT2D eigenvalue weighted by atomic mass is 16.5. The largest absolute Gasteiger partial charge is 0.486 e. The van der Waals surface area contributed by atoms with E-state index in [1.54, 1.807) is 12.1 Å². The Morgan fingerprint density at radius 2 is 1.55 bits per heavy atom. The van der Waals surface area contributed by atoms with E-state index in [0.29, 0.717) is 5.76 Å². The van der Waals surface area contributed by atoms with Crippen molar-refractivity contribution in [2.75, 3.05) is 5.32 Å². The van der Waals surface area contributed by atoms with E-state index >= 15 is 0 Å². The van der Waals surface area contributed by atoms with Crippen molar-refractivity contribution in [1.82, 2.24) is 0 Å². The predicted octanol–water partition coefficient (Wildman–Crippen LogP) is 7.05. The van der Waals surface area contributed by atoms with Crippen LogP contribution in [-0.4, -0.2) is 5.91 Å². The van der Waals surface area contributed by atoms with Gasteiger partial charge in [0.25, 0.3) is 5.91 Å². The average Bonchev–Trinajstić information content (AvgIpc) is 3.31. The van der Waals surface area contributed by atoms with Gasteiger partial charge in [0, 0.05) is 11.1 Å².